The third-order valence-corrected chi connectivity index (χ3v) is 4.57. The van der Waals surface area contributed by atoms with Crippen molar-refractivity contribution in [2.75, 3.05) is 13.2 Å². The molecule has 2 amide bonds. The molecule has 27 heavy (non-hydrogen) atoms. The van der Waals surface area contributed by atoms with Gasteiger partial charge >= 0.3 is 5.97 Å². The first kappa shape index (κ1) is 19.1. The molecule has 6 nitrogen and oxygen atoms in total. The number of halogens is 2. The molecule has 0 radical (unpaired) electrons. The first-order valence-corrected chi connectivity index (χ1v) is 8.69. The second kappa shape index (κ2) is 7.90. The maximum atomic E-state index is 12.4. The number of benzene rings is 2. The molecular weight excluding hydrogens is 393 g/mol. The van der Waals surface area contributed by atoms with Crippen LogP contribution in [0.1, 0.15) is 26.3 Å². The fraction of sp³-hybridized carbons (Fsp3) is 0.158. The Morgan fingerprint density at radius 3 is 2.56 bits per heavy atom. The Morgan fingerprint density at radius 2 is 1.81 bits per heavy atom. The summed E-state index contributed by atoms with van der Waals surface area (Å²) in [5.41, 5.74) is 1.14. The standard InChI is InChI=1S/C19H13Cl2NO5/c20-12-5-6-14(15(21)8-12)16(23)10-27-18(25)9-22-17(24)7-11-3-1-2-4-13(11)19(22)26/h1-6,8H,7,9-10H2. The molecule has 1 heterocycles. The van der Waals surface area contributed by atoms with Crippen molar-refractivity contribution >= 4 is 46.8 Å². The van der Waals surface area contributed by atoms with Gasteiger partial charge in [-0.05, 0) is 29.8 Å². The predicted molar refractivity (Wildman–Crippen MR) is 97.9 cm³/mol. The number of fused-ring (bicyclic) bond motifs is 1. The van der Waals surface area contributed by atoms with Gasteiger partial charge in [0.2, 0.25) is 11.7 Å². The molecule has 0 bridgehead atoms. The summed E-state index contributed by atoms with van der Waals surface area (Å²) in [4.78, 5) is 49.5. The molecule has 8 heteroatoms. The van der Waals surface area contributed by atoms with Gasteiger partial charge in [0.05, 0.1) is 11.4 Å². The number of esters is 1. The third-order valence-electron chi connectivity index (χ3n) is 4.02. The topological polar surface area (TPSA) is 80.8 Å². The van der Waals surface area contributed by atoms with Crippen LogP contribution in [0.5, 0.6) is 0 Å². The lowest BCUT2D eigenvalue weighted by molar-refractivity contribution is -0.146. The van der Waals surface area contributed by atoms with Gasteiger partial charge in [-0.1, -0.05) is 41.4 Å². The number of carbonyl (C=O) groups is 4. The highest BCUT2D eigenvalue weighted by Crippen LogP contribution is 2.22. The molecule has 0 N–H and O–H groups in total. The van der Waals surface area contributed by atoms with E-state index in [4.69, 9.17) is 27.9 Å². The number of ketones is 1. The molecule has 3 rings (SSSR count). The number of nitrogens with zero attached hydrogens (tertiary/aromatic N) is 1. The van der Waals surface area contributed by atoms with E-state index in [1.807, 2.05) is 0 Å². The minimum absolute atomic E-state index is 0.0223. The Bertz CT molecular complexity index is 957. The van der Waals surface area contributed by atoms with E-state index in [-0.39, 0.29) is 17.0 Å². The van der Waals surface area contributed by atoms with Gasteiger partial charge in [-0.15, -0.1) is 0 Å². The monoisotopic (exact) mass is 405 g/mol. The van der Waals surface area contributed by atoms with Crippen LogP contribution in [0.3, 0.4) is 0 Å². The maximum absolute atomic E-state index is 12.4. The summed E-state index contributed by atoms with van der Waals surface area (Å²) < 4.78 is 4.90. The Labute approximate surface area is 164 Å². The molecule has 1 aliphatic heterocycles. The van der Waals surface area contributed by atoms with Crippen LogP contribution >= 0.6 is 23.2 Å². The first-order chi connectivity index (χ1) is 12.9. The number of Topliss-reactive ketones (excluding diaryl/α,β-unsaturated/α-hetero) is 1. The lowest BCUT2D eigenvalue weighted by Gasteiger charge is -2.25. The number of hydrogen-bond acceptors (Lipinski definition) is 5. The number of rotatable bonds is 5. The van der Waals surface area contributed by atoms with Gasteiger partial charge < -0.3 is 4.74 Å². The molecule has 2 aromatic carbocycles. The highest BCUT2D eigenvalue weighted by Gasteiger charge is 2.32. The van der Waals surface area contributed by atoms with Gasteiger partial charge in [0.25, 0.3) is 5.91 Å². The average Bonchev–Trinajstić information content (AvgIpc) is 2.63. The Balaban J connectivity index is 1.62. The van der Waals surface area contributed by atoms with Crippen molar-refractivity contribution in [3.05, 3.63) is 69.2 Å². The Hall–Kier alpha value is -2.70. The molecule has 0 atom stereocenters. The molecule has 0 fully saturated rings. The summed E-state index contributed by atoms with van der Waals surface area (Å²) in [6.07, 6.45) is 0.0223. The van der Waals surface area contributed by atoms with Crippen molar-refractivity contribution in [1.82, 2.24) is 4.90 Å². The van der Waals surface area contributed by atoms with Crippen molar-refractivity contribution in [3.8, 4) is 0 Å². The molecule has 2 aromatic rings. The van der Waals surface area contributed by atoms with Crippen LogP contribution < -0.4 is 0 Å². The van der Waals surface area contributed by atoms with Gasteiger partial charge in [0.1, 0.15) is 6.54 Å². The van der Waals surface area contributed by atoms with Crippen LogP contribution in [0.25, 0.3) is 0 Å². The van der Waals surface area contributed by atoms with E-state index in [9.17, 15) is 19.2 Å². The normalized spacial score (nSPS) is 13.3. The average molecular weight is 406 g/mol. The zero-order valence-electron chi connectivity index (χ0n) is 13.9. The molecule has 0 aliphatic carbocycles. The van der Waals surface area contributed by atoms with Crippen molar-refractivity contribution in [1.29, 1.82) is 0 Å². The summed E-state index contributed by atoms with van der Waals surface area (Å²) in [7, 11) is 0. The van der Waals surface area contributed by atoms with Crippen LogP contribution in [0.15, 0.2) is 42.5 Å². The van der Waals surface area contributed by atoms with Crippen molar-refractivity contribution in [3.63, 3.8) is 0 Å². The summed E-state index contributed by atoms with van der Waals surface area (Å²) in [6.45, 7) is -1.12. The number of carbonyl (C=O) groups excluding carboxylic acids is 4. The number of amides is 2. The maximum Gasteiger partial charge on any atom is 0.326 e. The van der Waals surface area contributed by atoms with Crippen LogP contribution in [0.4, 0.5) is 0 Å². The second-order valence-electron chi connectivity index (χ2n) is 5.83. The van der Waals surface area contributed by atoms with Crippen LogP contribution in [-0.4, -0.2) is 41.6 Å². The molecular formula is C19H13Cl2NO5. The highest BCUT2D eigenvalue weighted by atomic mass is 35.5. The number of ether oxygens (including phenoxy) is 1. The van der Waals surface area contributed by atoms with Gasteiger partial charge in [-0.3, -0.25) is 24.1 Å². The zero-order chi connectivity index (χ0) is 19.6. The molecule has 0 spiro atoms. The van der Waals surface area contributed by atoms with Crippen LogP contribution in [0.2, 0.25) is 10.0 Å². The Morgan fingerprint density at radius 1 is 1.07 bits per heavy atom. The van der Waals surface area contributed by atoms with Gasteiger partial charge in [-0.25, -0.2) is 0 Å². The van der Waals surface area contributed by atoms with Gasteiger partial charge in [0, 0.05) is 16.1 Å². The first-order valence-electron chi connectivity index (χ1n) is 7.93. The van der Waals surface area contributed by atoms with E-state index >= 15 is 0 Å². The predicted octanol–water partition coefficient (Wildman–Crippen LogP) is 2.94. The van der Waals surface area contributed by atoms with Gasteiger partial charge in [0.15, 0.2) is 6.61 Å². The second-order valence-corrected chi connectivity index (χ2v) is 6.67. The van der Waals surface area contributed by atoms with E-state index < -0.39 is 36.7 Å². The fourth-order valence-electron chi connectivity index (χ4n) is 2.67. The van der Waals surface area contributed by atoms with E-state index in [1.54, 1.807) is 24.3 Å². The van der Waals surface area contributed by atoms with Crippen molar-refractivity contribution in [2.45, 2.75) is 6.42 Å². The summed E-state index contributed by atoms with van der Waals surface area (Å²) in [6, 6.07) is 11.0. The highest BCUT2D eigenvalue weighted by molar-refractivity contribution is 6.36. The largest absolute Gasteiger partial charge is 0.456 e. The summed E-state index contributed by atoms with van der Waals surface area (Å²) >= 11 is 11.7. The minimum atomic E-state index is -0.866. The summed E-state index contributed by atoms with van der Waals surface area (Å²) in [5, 5.41) is 0.512. The molecule has 1 aliphatic rings. The molecule has 0 aromatic heterocycles. The van der Waals surface area contributed by atoms with E-state index in [1.165, 1.54) is 18.2 Å². The van der Waals surface area contributed by atoms with E-state index in [0.29, 0.717) is 16.1 Å². The quantitative estimate of drug-likeness (QED) is 0.433. The van der Waals surface area contributed by atoms with Crippen LogP contribution in [-0.2, 0) is 20.7 Å². The minimum Gasteiger partial charge on any atom is -0.456 e. The number of imide groups is 1. The van der Waals surface area contributed by atoms with Gasteiger partial charge in [-0.2, -0.15) is 0 Å². The SMILES string of the molecule is O=C(CN1C(=O)Cc2ccccc2C1=O)OCC(=O)c1ccc(Cl)cc1Cl. The summed E-state index contributed by atoms with van der Waals surface area (Å²) in [5.74, 6) is -2.45. The van der Waals surface area contributed by atoms with Crippen LogP contribution in [0, 0.1) is 0 Å². The number of hydrogen-bond donors (Lipinski definition) is 0. The van der Waals surface area contributed by atoms with Crippen molar-refractivity contribution in [2.24, 2.45) is 0 Å². The lowest BCUT2D eigenvalue weighted by atomic mass is 9.98. The van der Waals surface area contributed by atoms with E-state index in [0.717, 1.165) is 4.90 Å². The molecule has 138 valence electrons. The van der Waals surface area contributed by atoms with Crippen molar-refractivity contribution < 1.29 is 23.9 Å². The molecule has 0 unspecified atom stereocenters. The Kier molecular flexibility index (Phi) is 5.58. The zero-order valence-corrected chi connectivity index (χ0v) is 15.4. The molecule has 0 saturated carbocycles. The fourth-order valence-corrected chi connectivity index (χ4v) is 3.19. The van der Waals surface area contributed by atoms with E-state index in [2.05, 4.69) is 0 Å². The third kappa shape index (κ3) is 4.18. The molecule has 0 saturated heterocycles. The smallest absolute Gasteiger partial charge is 0.326 e. The lowest BCUT2D eigenvalue weighted by Crippen LogP contribution is -2.45.